The van der Waals surface area contributed by atoms with Gasteiger partial charge in [-0.1, -0.05) is 0 Å². The highest BCUT2D eigenvalue weighted by Crippen LogP contribution is 2.13. The molecule has 0 unspecified atom stereocenters. The first-order valence-corrected chi connectivity index (χ1v) is 5.23. The van der Waals surface area contributed by atoms with E-state index in [4.69, 9.17) is 0 Å². The monoisotopic (exact) mass is 239 g/mol. The lowest BCUT2D eigenvalue weighted by Gasteiger charge is -2.33. The predicted molar refractivity (Wildman–Crippen MR) is 62.7 cm³/mol. The molecule has 6 heteroatoms. The molecule has 6 nitrogen and oxygen atoms in total. The van der Waals surface area contributed by atoms with Crippen LogP contribution < -0.4 is 5.56 Å². The molecule has 0 aliphatic rings. The number of nitrogens with zero attached hydrogens (tertiary/aromatic N) is 3. The molecule has 1 aromatic heterocycles. The lowest BCUT2D eigenvalue weighted by Crippen LogP contribution is -2.48. The second-order valence-corrected chi connectivity index (χ2v) is 4.52. The summed E-state index contributed by atoms with van der Waals surface area (Å²) < 4.78 is 1.10. The largest absolute Gasteiger partial charge is 0.394 e. The minimum atomic E-state index is -0.673. The first-order valence-electron chi connectivity index (χ1n) is 5.23. The Morgan fingerprint density at radius 2 is 2.12 bits per heavy atom. The van der Waals surface area contributed by atoms with E-state index in [0.717, 1.165) is 4.68 Å². The van der Waals surface area contributed by atoms with Gasteiger partial charge in [-0.25, -0.2) is 4.68 Å². The summed E-state index contributed by atoms with van der Waals surface area (Å²) in [5.41, 5.74) is -0.769. The predicted octanol–water partition coefficient (Wildman–Crippen LogP) is -0.377. The summed E-state index contributed by atoms with van der Waals surface area (Å²) in [7, 11) is 3.07. The zero-order valence-electron chi connectivity index (χ0n) is 10.5. The van der Waals surface area contributed by atoms with Crippen molar-refractivity contribution in [3.63, 3.8) is 0 Å². The van der Waals surface area contributed by atoms with Gasteiger partial charge < -0.3 is 10.0 Å². The number of aromatic nitrogens is 2. The smallest absolute Gasteiger partial charge is 0.274 e. The van der Waals surface area contributed by atoms with Gasteiger partial charge in [0, 0.05) is 20.2 Å². The van der Waals surface area contributed by atoms with Crippen LogP contribution in [0.4, 0.5) is 0 Å². The first kappa shape index (κ1) is 13.4. The van der Waals surface area contributed by atoms with Crippen molar-refractivity contribution in [2.75, 3.05) is 13.7 Å². The van der Waals surface area contributed by atoms with Crippen molar-refractivity contribution in [1.29, 1.82) is 0 Å². The molecule has 1 heterocycles. The number of hydrogen-bond acceptors (Lipinski definition) is 4. The molecule has 1 aromatic rings. The molecular formula is C11H17N3O3. The van der Waals surface area contributed by atoms with E-state index in [-0.39, 0.29) is 23.8 Å². The van der Waals surface area contributed by atoms with E-state index in [1.165, 1.54) is 24.1 Å². The molecule has 0 aliphatic heterocycles. The number of aliphatic hydroxyl groups is 1. The van der Waals surface area contributed by atoms with Crippen molar-refractivity contribution in [1.82, 2.24) is 14.7 Å². The second kappa shape index (κ2) is 4.67. The van der Waals surface area contributed by atoms with Crippen LogP contribution in [0.5, 0.6) is 0 Å². The van der Waals surface area contributed by atoms with Gasteiger partial charge in [-0.05, 0) is 19.9 Å². The number of rotatable bonds is 3. The van der Waals surface area contributed by atoms with Crippen molar-refractivity contribution < 1.29 is 9.90 Å². The number of aliphatic hydroxyl groups excluding tert-OH is 1. The highest BCUT2D eigenvalue weighted by atomic mass is 16.3. The maximum Gasteiger partial charge on any atom is 0.274 e. The minimum Gasteiger partial charge on any atom is -0.394 e. The molecule has 0 saturated carbocycles. The molecule has 1 rings (SSSR count). The summed E-state index contributed by atoms with van der Waals surface area (Å²) in [6.45, 7) is 3.33. The maximum atomic E-state index is 12.1. The maximum absolute atomic E-state index is 12.1. The van der Waals surface area contributed by atoms with Gasteiger partial charge in [-0.3, -0.25) is 9.59 Å². The highest BCUT2D eigenvalue weighted by molar-refractivity contribution is 5.92. The van der Waals surface area contributed by atoms with Crippen LogP contribution in [-0.2, 0) is 7.05 Å². The molecule has 17 heavy (non-hydrogen) atoms. The SMILES string of the molecule is CN(C(=O)c1ccc(=O)n(C)n1)C(C)(C)CO. The number of aryl methyl sites for hydroxylation is 1. The third kappa shape index (κ3) is 2.71. The van der Waals surface area contributed by atoms with Gasteiger partial charge in [-0.2, -0.15) is 5.10 Å². The van der Waals surface area contributed by atoms with Crippen LogP contribution >= 0.6 is 0 Å². The standard InChI is InChI=1S/C11H17N3O3/c1-11(2,7-15)13(3)10(17)8-5-6-9(16)14(4)12-8/h5-6,15H,7H2,1-4H3. The summed E-state index contributed by atoms with van der Waals surface area (Å²) in [5.74, 6) is -0.334. The number of likely N-dealkylation sites (N-methyl/N-ethyl adjacent to an activating group) is 1. The average Bonchev–Trinajstić information content (AvgIpc) is 2.30. The summed E-state index contributed by atoms with van der Waals surface area (Å²) in [5, 5.41) is 13.1. The number of amides is 1. The Hall–Kier alpha value is -1.69. The number of hydrogen-bond donors (Lipinski definition) is 1. The fraction of sp³-hybridized carbons (Fsp3) is 0.545. The molecule has 0 spiro atoms. The van der Waals surface area contributed by atoms with E-state index in [2.05, 4.69) is 5.10 Å². The Morgan fingerprint density at radius 1 is 1.53 bits per heavy atom. The Morgan fingerprint density at radius 3 is 2.59 bits per heavy atom. The topological polar surface area (TPSA) is 75.4 Å². The van der Waals surface area contributed by atoms with E-state index in [0.29, 0.717) is 0 Å². The molecule has 1 amide bonds. The van der Waals surface area contributed by atoms with E-state index < -0.39 is 5.54 Å². The van der Waals surface area contributed by atoms with Crippen molar-refractivity contribution in [2.45, 2.75) is 19.4 Å². The summed E-state index contributed by atoms with van der Waals surface area (Å²) in [4.78, 5) is 24.6. The van der Waals surface area contributed by atoms with Crippen LogP contribution in [0.3, 0.4) is 0 Å². The molecule has 0 aromatic carbocycles. The van der Waals surface area contributed by atoms with Gasteiger partial charge >= 0.3 is 0 Å². The average molecular weight is 239 g/mol. The zero-order chi connectivity index (χ0) is 13.2. The fourth-order valence-electron chi connectivity index (χ4n) is 1.17. The lowest BCUT2D eigenvalue weighted by molar-refractivity contribution is 0.0465. The van der Waals surface area contributed by atoms with Crippen molar-refractivity contribution in [2.24, 2.45) is 7.05 Å². The molecular weight excluding hydrogens is 222 g/mol. The zero-order valence-corrected chi connectivity index (χ0v) is 10.5. The van der Waals surface area contributed by atoms with Crippen LogP contribution in [0.1, 0.15) is 24.3 Å². The van der Waals surface area contributed by atoms with Gasteiger partial charge in [0.2, 0.25) is 0 Å². The van der Waals surface area contributed by atoms with Gasteiger partial charge in [0.05, 0.1) is 12.1 Å². The molecule has 0 saturated heterocycles. The van der Waals surface area contributed by atoms with Crippen LogP contribution in [-0.4, -0.2) is 44.9 Å². The minimum absolute atomic E-state index is 0.152. The second-order valence-electron chi connectivity index (χ2n) is 4.52. The highest BCUT2D eigenvalue weighted by Gasteiger charge is 2.28. The summed E-state index contributed by atoms with van der Waals surface area (Å²) in [6.07, 6.45) is 0. The quantitative estimate of drug-likeness (QED) is 0.780. The third-order valence-electron chi connectivity index (χ3n) is 2.78. The van der Waals surface area contributed by atoms with Crippen LogP contribution in [0.25, 0.3) is 0 Å². The van der Waals surface area contributed by atoms with Crippen molar-refractivity contribution >= 4 is 5.91 Å². The van der Waals surface area contributed by atoms with Crippen molar-refractivity contribution in [3.8, 4) is 0 Å². The number of carbonyl (C=O) groups is 1. The molecule has 94 valence electrons. The van der Waals surface area contributed by atoms with E-state index in [1.807, 2.05) is 0 Å². The van der Waals surface area contributed by atoms with Gasteiger partial charge in [0.15, 0.2) is 0 Å². The first-order chi connectivity index (χ1) is 7.79. The Balaban J connectivity index is 3.05. The molecule has 0 fully saturated rings. The van der Waals surface area contributed by atoms with E-state index in [9.17, 15) is 14.7 Å². The van der Waals surface area contributed by atoms with Gasteiger partial charge in [-0.15, -0.1) is 0 Å². The molecule has 0 bridgehead atoms. The Kier molecular flexibility index (Phi) is 3.67. The van der Waals surface area contributed by atoms with E-state index >= 15 is 0 Å². The van der Waals surface area contributed by atoms with Crippen LogP contribution in [0, 0.1) is 0 Å². The van der Waals surface area contributed by atoms with Gasteiger partial charge in [0.1, 0.15) is 5.69 Å². The summed E-state index contributed by atoms with van der Waals surface area (Å²) in [6, 6.07) is 2.68. The van der Waals surface area contributed by atoms with Crippen LogP contribution in [0.15, 0.2) is 16.9 Å². The third-order valence-corrected chi connectivity index (χ3v) is 2.78. The molecule has 0 atom stereocenters. The normalized spacial score (nSPS) is 11.4. The molecule has 1 N–H and O–H groups in total. The van der Waals surface area contributed by atoms with Crippen LogP contribution in [0.2, 0.25) is 0 Å². The Labute approximate surface area is 99.5 Å². The lowest BCUT2D eigenvalue weighted by atomic mass is 10.0. The molecule has 0 radical (unpaired) electrons. The fourth-order valence-corrected chi connectivity index (χ4v) is 1.17. The van der Waals surface area contributed by atoms with Crippen molar-refractivity contribution in [3.05, 3.63) is 28.2 Å². The number of carbonyl (C=O) groups excluding carboxylic acids is 1. The Bertz CT molecular complexity index is 479. The molecule has 0 aliphatic carbocycles. The summed E-state index contributed by atoms with van der Waals surface area (Å²) >= 11 is 0. The van der Waals surface area contributed by atoms with E-state index in [1.54, 1.807) is 20.9 Å². The van der Waals surface area contributed by atoms with Gasteiger partial charge in [0.25, 0.3) is 11.5 Å².